The van der Waals surface area contributed by atoms with Crippen molar-refractivity contribution in [3.05, 3.63) is 29.6 Å². The van der Waals surface area contributed by atoms with Gasteiger partial charge in [0.25, 0.3) is 0 Å². The highest BCUT2D eigenvalue weighted by Crippen LogP contribution is 2.48. The van der Waals surface area contributed by atoms with Gasteiger partial charge in [0.2, 0.25) is 11.8 Å². The Morgan fingerprint density at radius 3 is 2.72 bits per heavy atom. The van der Waals surface area contributed by atoms with Crippen molar-refractivity contribution < 1.29 is 13.9 Å². The van der Waals surface area contributed by atoms with E-state index in [4.69, 9.17) is 26.0 Å². The Kier molecular flexibility index (Phi) is 5.41. The van der Waals surface area contributed by atoms with Gasteiger partial charge < -0.3 is 20.5 Å². The Morgan fingerprint density at radius 2 is 2.07 bits per heavy atom. The van der Waals surface area contributed by atoms with Crippen molar-refractivity contribution in [2.45, 2.75) is 38.8 Å². The van der Waals surface area contributed by atoms with Crippen LogP contribution in [0.1, 0.15) is 31.9 Å². The van der Waals surface area contributed by atoms with E-state index >= 15 is 0 Å². The minimum absolute atomic E-state index is 0.0267. The first-order valence-corrected chi connectivity index (χ1v) is 9.18. The second-order valence-corrected chi connectivity index (χ2v) is 7.57. The van der Waals surface area contributed by atoms with Crippen LogP contribution in [-0.2, 0) is 16.6 Å². The first-order valence-electron chi connectivity index (χ1n) is 9.18. The average Bonchev–Trinajstić information content (AvgIpc) is 2.65. The number of methoxy groups -OCH3 is 1. The molecule has 1 aliphatic rings. The van der Waals surface area contributed by atoms with E-state index in [-0.39, 0.29) is 17.9 Å². The van der Waals surface area contributed by atoms with E-state index in [0.717, 1.165) is 22.4 Å². The van der Waals surface area contributed by atoms with Gasteiger partial charge in [-0.1, -0.05) is 13.8 Å². The molecule has 0 radical (unpaired) electrons. The molecule has 1 aromatic carbocycles. The normalized spacial score (nSPS) is 14.9. The summed E-state index contributed by atoms with van der Waals surface area (Å²) in [5.74, 6) is 0.207. The number of nitrogens with two attached hydrogens (primary N) is 1. The lowest BCUT2D eigenvalue weighted by Crippen LogP contribution is -2.29. The fourth-order valence-electron chi connectivity index (χ4n) is 3.62. The van der Waals surface area contributed by atoms with E-state index in [2.05, 4.69) is 29.1 Å². The Bertz CT molecular complexity index is 974. The molecular formula is C20H25FN6O2. The van der Waals surface area contributed by atoms with Crippen LogP contribution >= 0.6 is 0 Å². The molecular weight excluding hydrogens is 375 g/mol. The fourth-order valence-corrected chi connectivity index (χ4v) is 3.62. The molecule has 1 aromatic heterocycles. The van der Waals surface area contributed by atoms with Crippen molar-refractivity contribution in [3.8, 4) is 17.0 Å². The van der Waals surface area contributed by atoms with Gasteiger partial charge in [-0.3, -0.25) is 10.8 Å². The van der Waals surface area contributed by atoms with Crippen LogP contribution in [0.4, 0.5) is 15.9 Å². The molecule has 0 saturated carbocycles. The predicted molar refractivity (Wildman–Crippen MR) is 111 cm³/mol. The number of nitrogens with zero attached hydrogens (tertiary/aromatic N) is 2. The quantitative estimate of drug-likeness (QED) is 0.450. The molecule has 0 bridgehead atoms. The standard InChI is InChI=1S/C20H25FN6O2/c1-10(21)19(24)29-14(22)8-25-16-12-7-20(2,3)15-17(26-9-27-18(15)23)11(12)5-6-13(16)28-4/h5-6,9-10,22,24-25H,7-8H2,1-4H3,(H2,23,26,27). The zero-order valence-electron chi connectivity index (χ0n) is 16.9. The van der Waals surface area contributed by atoms with Crippen molar-refractivity contribution >= 4 is 23.3 Å². The Hall–Kier alpha value is -3.23. The minimum atomic E-state index is -1.57. The first-order chi connectivity index (χ1) is 13.7. The second-order valence-electron chi connectivity index (χ2n) is 7.57. The Morgan fingerprint density at radius 1 is 1.34 bits per heavy atom. The van der Waals surface area contributed by atoms with Gasteiger partial charge in [0, 0.05) is 11.1 Å². The fraction of sp³-hybridized carbons (Fsp3) is 0.400. The third kappa shape index (κ3) is 3.85. The van der Waals surface area contributed by atoms with Crippen molar-refractivity contribution in [2.24, 2.45) is 0 Å². The van der Waals surface area contributed by atoms with Gasteiger partial charge in [0.05, 0.1) is 25.0 Å². The summed E-state index contributed by atoms with van der Waals surface area (Å²) in [6.07, 6.45) is 0.527. The molecule has 8 nitrogen and oxygen atoms in total. The molecule has 1 heterocycles. The number of nitrogens with one attached hydrogen (secondary N) is 3. The van der Waals surface area contributed by atoms with Crippen LogP contribution in [0.5, 0.6) is 5.75 Å². The lowest BCUT2D eigenvalue weighted by molar-refractivity contribution is 0.381. The molecule has 1 unspecified atom stereocenters. The molecule has 9 heteroatoms. The molecule has 0 spiro atoms. The van der Waals surface area contributed by atoms with Crippen molar-refractivity contribution in [2.75, 3.05) is 24.7 Å². The van der Waals surface area contributed by atoms with Crippen LogP contribution in [0.2, 0.25) is 0 Å². The number of halogens is 1. The number of hydrogen-bond donors (Lipinski definition) is 4. The molecule has 154 valence electrons. The molecule has 0 saturated heterocycles. The van der Waals surface area contributed by atoms with Gasteiger partial charge in [-0.15, -0.1) is 0 Å². The summed E-state index contributed by atoms with van der Waals surface area (Å²) in [5.41, 5.74) is 10.1. The molecule has 5 N–H and O–H groups in total. The molecule has 3 rings (SSSR count). The molecule has 1 aliphatic carbocycles. The monoisotopic (exact) mass is 400 g/mol. The van der Waals surface area contributed by atoms with Gasteiger partial charge in [-0.05, 0) is 36.5 Å². The number of hydrogen-bond acceptors (Lipinski definition) is 8. The van der Waals surface area contributed by atoms with E-state index < -0.39 is 12.1 Å². The van der Waals surface area contributed by atoms with Gasteiger partial charge in [0.15, 0.2) is 6.17 Å². The third-order valence-electron chi connectivity index (χ3n) is 4.94. The number of anilines is 2. The Balaban J connectivity index is 1.99. The van der Waals surface area contributed by atoms with Gasteiger partial charge >= 0.3 is 0 Å². The maximum Gasteiger partial charge on any atom is 0.223 e. The number of nitrogen functional groups attached to an aromatic ring is 1. The lowest BCUT2D eigenvalue weighted by atomic mass is 9.71. The van der Waals surface area contributed by atoms with Crippen LogP contribution in [-0.4, -0.2) is 41.6 Å². The number of alkyl halides is 1. The second kappa shape index (κ2) is 7.65. The highest BCUT2D eigenvalue weighted by atomic mass is 19.1. The van der Waals surface area contributed by atoms with Crippen LogP contribution in [0, 0.1) is 10.8 Å². The predicted octanol–water partition coefficient (Wildman–Crippen LogP) is 3.31. The van der Waals surface area contributed by atoms with Crippen molar-refractivity contribution in [1.29, 1.82) is 10.8 Å². The third-order valence-corrected chi connectivity index (χ3v) is 4.94. The van der Waals surface area contributed by atoms with E-state index in [1.807, 2.05) is 12.1 Å². The van der Waals surface area contributed by atoms with Crippen LogP contribution in [0.15, 0.2) is 18.5 Å². The largest absolute Gasteiger partial charge is 0.495 e. The lowest BCUT2D eigenvalue weighted by Gasteiger charge is -2.35. The van der Waals surface area contributed by atoms with Gasteiger partial charge in [0.1, 0.15) is 17.9 Å². The molecule has 0 fully saturated rings. The van der Waals surface area contributed by atoms with E-state index in [1.165, 1.54) is 13.3 Å². The zero-order chi connectivity index (χ0) is 21.3. The minimum Gasteiger partial charge on any atom is -0.495 e. The summed E-state index contributed by atoms with van der Waals surface area (Å²) >= 11 is 0. The molecule has 0 amide bonds. The number of ether oxygens (including phenoxy) is 2. The van der Waals surface area contributed by atoms with Crippen LogP contribution in [0.25, 0.3) is 11.3 Å². The topological polar surface area (TPSA) is 130 Å². The van der Waals surface area contributed by atoms with E-state index in [9.17, 15) is 4.39 Å². The highest BCUT2D eigenvalue weighted by Gasteiger charge is 2.36. The first kappa shape index (κ1) is 20.5. The highest BCUT2D eigenvalue weighted by molar-refractivity contribution is 5.93. The van der Waals surface area contributed by atoms with Crippen molar-refractivity contribution in [1.82, 2.24) is 9.97 Å². The zero-order valence-corrected chi connectivity index (χ0v) is 16.9. The summed E-state index contributed by atoms with van der Waals surface area (Å²) in [7, 11) is 1.57. The average molecular weight is 400 g/mol. The summed E-state index contributed by atoms with van der Waals surface area (Å²) in [6.45, 7) is 5.31. The molecule has 0 aliphatic heterocycles. The number of fused-ring (bicyclic) bond motifs is 3. The maximum absolute atomic E-state index is 13.1. The molecule has 1 atom stereocenters. The SMILES string of the molecule is COc1ccc2c(c1NCC(=N)OC(=N)C(C)F)CC(C)(C)c1c(N)ncnc1-2. The van der Waals surface area contributed by atoms with Crippen molar-refractivity contribution in [3.63, 3.8) is 0 Å². The smallest absolute Gasteiger partial charge is 0.223 e. The van der Waals surface area contributed by atoms with Gasteiger partial charge in [-0.25, -0.2) is 14.4 Å². The number of rotatable bonds is 5. The van der Waals surface area contributed by atoms with Gasteiger partial charge in [-0.2, -0.15) is 0 Å². The molecule has 2 aromatic rings. The van der Waals surface area contributed by atoms with Crippen LogP contribution in [0.3, 0.4) is 0 Å². The van der Waals surface area contributed by atoms with E-state index in [0.29, 0.717) is 23.7 Å². The van der Waals surface area contributed by atoms with E-state index in [1.54, 1.807) is 7.11 Å². The molecule has 29 heavy (non-hydrogen) atoms. The summed E-state index contributed by atoms with van der Waals surface area (Å²) in [4.78, 5) is 8.62. The maximum atomic E-state index is 13.1. The summed E-state index contributed by atoms with van der Waals surface area (Å²) < 4.78 is 23.5. The Labute approximate surface area is 168 Å². The number of benzene rings is 1. The number of aromatic nitrogens is 2. The summed E-state index contributed by atoms with van der Waals surface area (Å²) in [6, 6.07) is 3.75. The summed E-state index contributed by atoms with van der Waals surface area (Å²) in [5, 5.41) is 18.5. The van der Waals surface area contributed by atoms with Crippen LogP contribution < -0.4 is 15.8 Å².